The third kappa shape index (κ3) is 4.97. The highest BCUT2D eigenvalue weighted by Crippen LogP contribution is 2.31. The zero-order valence-electron chi connectivity index (χ0n) is 16.3. The first-order valence-corrected chi connectivity index (χ1v) is 9.32. The minimum Gasteiger partial charge on any atom is -0.364 e. The van der Waals surface area contributed by atoms with Crippen LogP contribution in [0.15, 0.2) is 60.8 Å². The van der Waals surface area contributed by atoms with Crippen molar-refractivity contribution < 1.29 is 13.6 Å². The van der Waals surface area contributed by atoms with Crippen LogP contribution in [0.5, 0.6) is 0 Å². The second-order valence-electron chi connectivity index (χ2n) is 6.67. The summed E-state index contributed by atoms with van der Waals surface area (Å²) in [6, 6.07) is 17.4. The molecule has 30 heavy (non-hydrogen) atoms. The van der Waals surface area contributed by atoms with Gasteiger partial charge in [-0.2, -0.15) is 5.26 Å². The molecule has 0 spiro atoms. The number of alkyl halides is 2. The highest BCUT2D eigenvalue weighted by molar-refractivity contribution is 5.95. The summed E-state index contributed by atoms with van der Waals surface area (Å²) >= 11 is 0. The Morgan fingerprint density at radius 1 is 1.13 bits per heavy atom. The molecule has 1 amide bonds. The zero-order valence-corrected chi connectivity index (χ0v) is 16.3. The number of anilines is 2. The van der Waals surface area contributed by atoms with Crippen molar-refractivity contribution in [1.82, 2.24) is 4.98 Å². The van der Waals surface area contributed by atoms with Crippen molar-refractivity contribution in [2.45, 2.75) is 26.3 Å². The Bertz CT molecular complexity index is 1080. The van der Waals surface area contributed by atoms with Gasteiger partial charge in [0.25, 0.3) is 6.43 Å². The van der Waals surface area contributed by atoms with E-state index < -0.39 is 12.3 Å². The summed E-state index contributed by atoms with van der Waals surface area (Å²) in [5.74, 6) is 0.0899. The van der Waals surface area contributed by atoms with Crippen LogP contribution in [0.25, 0.3) is 11.1 Å². The van der Waals surface area contributed by atoms with E-state index in [1.54, 1.807) is 42.6 Å². The fourth-order valence-corrected chi connectivity index (χ4v) is 3.04. The van der Waals surface area contributed by atoms with Gasteiger partial charge in [-0.05, 0) is 35.2 Å². The van der Waals surface area contributed by atoms with Crippen molar-refractivity contribution in [3.63, 3.8) is 0 Å². The molecule has 5 nitrogen and oxygen atoms in total. The summed E-state index contributed by atoms with van der Waals surface area (Å²) in [6.45, 7) is 2.26. The zero-order chi connectivity index (χ0) is 21.5. The molecule has 0 unspecified atom stereocenters. The van der Waals surface area contributed by atoms with Gasteiger partial charge in [0, 0.05) is 18.3 Å². The van der Waals surface area contributed by atoms with E-state index in [2.05, 4.69) is 15.6 Å². The van der Waals surface area contributed by atoms with E-state index in [4.69, 9.17) is 5.26 Å². The molecule has 0 fully saturated rings. The number of hydrogen-bond acceptors (Lipinski definition) is 4. The van der Waals surface area contributed by atoms with Gasteiger partial charge in [0.2, 0.25) is 5.91 Å². The Labute approximate surface area is 173 Å². The highest BCUT2D eigenvalue weighted by atomic mass is 19.3. The average Bonchev–Trinajstić information content (AvgIpc) is 2.75. The van der Waals surface area contributed by atoms with Gasteiger partial charge in [-0.3, -0.25) is 4.79 Å². The summed E-state index contributed by atoms with van der Waals surface area (Å²) in [5.41, 5.74) is 3.50. The number of nitriles is 1. The van der Waals surface area contributed by atoms with Crippen molar-refractivity contribution in [1.29, 1.82) is 5.26 Å². The lowest BCUT2D eigenvalue weighted by Gasteiger charge is -2.14. The molecule has 2 N–H and O–H groups in total. The Kier molecular flexibility index (Phi) is 6.71. The number of aromatic nitrogens is 1. The second-order valence-corrected chi connectivity index (χ2v) is 6.67. The van der Waals surface area contributed by atoms with Crippen molar-refractivity contribution in [3.05, 3.63) is 77.5 Å². The van der Waals surface area contributed by atoms with Crippen LogP contribution >= 0.6 is 0 Å². The van der Waals surface area contributed by atoms with Crippen LogP contribution in [-0.4, -0.2) is 10.9 Å². The van der Waals surface area contributed by atoms with Gasteiger partial charge < -0.3 is 10.6 Å². The minimum atomic E-state index is -2.54. The Hall–Kier alpha value is -3.79. The third-order valence-corrected chi connectivity index (χ3v) is 4.58. The van der Waals surface area contributed by atoms with Gasteiger partial charge in [-0.1, -0.05) is 48.5 Å². The molecule has 0 atom stereocenters. The maximum Gasteiger partial charge on any atom is 0.264 e. The number of carbonyl (C=O) groups is 1. The van der Waals surface area contributed by atoms with Crippen LogP contribution in [0.1, 0.15) is 29.5 Å². The number of nitrogens with one attached hydrogen (secondary N) is 2. The number of pyridine rings is 1. The second kappa shape index (κ2) is 9.61. The van der Waals surface area contributed by atoms with E-state index in [-0.39, 0.29) is 12.0 Å². The first kappa shape index (κ1) is 20.9. The first-order chi connectivity index (χ1) is 14.5. The number of rotatable bonds is 7. The van der Waals surface area contributed by atoms with E-state index in [1.165, 1.54) is 6.07 Å². The van der Waals surface area contributed by atoms with Gasteiger partial charge >= 0.3 is 0 Å². The number of aryl methyl sites for hydroxylation is 1. The van der Waals surface area contributed by atoms with Gasteiger partial charge in [0.1, 0.15) is 12.2 Å². The predicted molar refractivity (Wildman–Crippen MR) is 112 cm³/mol. The Morgan fingerprint density at radius 2 is 1.87 bits per heavy atom. The predicted octanol–water partition coefficient (Wildman–Crippen LogP) is 5.46. The van der Waals surface area contributed by atoms with E-state index >= 15 is 0 Å². The molecule has 7 heteroatoms. The monoisotopic (exact) mass is 406 g/mol. The Morgan fingerprint density at radius 3 is 2.57 bits per heavy atom. The van der Waals surface area contributed by atoms with E-state index in [0.717, 1.165) is 11.1 Å². The summed E-state index contributed by atoms with van der Waals surface area (Å²) in [7, 11) is 0. The molecule has 0 aliphatic heterocycles. The fraction of sp³-hybridized carbons (Fsp3) is 0.174. The van der Waals surface area contributed by atoms with Crippen molar-refractivity contribution in [2.24, 2.45) is 0 Å². The number of halogens is 2. The summed E-state index contributed by atoms with van der Waals surface area (Å²) in [5, 5.41) is 14.6. The molecule has 0 aliphatic rings. The maximum atomic E-state index is 13.2. The smallest absolute Gasteiger partial charge is 0.264 e. The lowest BCUT2D eigenvalue weighted by molar-refractivity contribution is -0.115. The number of benzene rings is 2. The molecule has 2 aromatic carbocycles. The molecule has 0 bridgehead atoms. The summed E-state index contributed by atoms with van der Waals surface area (Å²) < 4.78 is 26.5. The number of nitrogens with zero attached hydrogens (tertiary/aromatic N) is 2. The standard InChI is InChI=1S/C23H20F2N4O/c1-15-11-13-27-23(21(15)29-20(30)10-12-26)28-14-16-6-8-17(9-7-16)18-4-2-3-5-19(18)22(24)25/h2-9,11,13,22H,10,14H2,1H3,(H,27,28)(H,29,30). The number of amides is 1. The molecule has 3 aromatic rings. The first-order valence-electron chi connectivity index (χ1n) is 9.32. The fourth-order valence-electron chi connectivity index (χ4n) is 3.04. The van der Waals surface area contributed by atoms with Crippen molar-refractivity contribution in [3.8, 4) is 17.2 Å². The lowest BCUT2D eigenvalue weighted by Crippen LogP contribution is -2.14. The van der Waals surface area contributed by atoms with Gasteiger partial charge in [0.15, 0.2) is 0 Å². The van der Waals surface area contributed by atoms with Crippen LogP contribution < -0.4 is 10.6 Å². The van der Waals surface area contributed by atoms with Gasteiger partial charge in [0.05, 0.1) is 11.8 Å². The highest BCUT2D eigenvalue weighted by Gasteiger charge is 2.14. The lowest BCUT2D eigenvalue weighted by atomic mass is 9.99. The van der Waals surface area contributed by atoms with Crippen molar-refractivity contribution >= 4 is 17.4 Å². The molecular formula is C23H20F2N4O. The SMILES string of the molecule is Cc1ccnc(NCc2ccc(-c3ccccc3C(F)F)cc2)c1NC(=O)CC#N. The Balaban J connectivity index is 1.75. The maximum absolute atomic E-state index is 13.2. The molecule has 0 saturated heterocycles. The topological polar surface area (TPSA) is 77.8 Å². The van der Waals surface area contributed by atoms with E-state index in [1.807, 2.05) is 25.1 Å². The molecule has 152 valence electrons. The van der Waals surface area contributed by atoms with Crippen LogP contribution in [0.3, 0.4) is 0 Å². The summed E-state index contributed by atoms with van der Waals surface area (Å²) in [4.78, 5) is 16.1. The van der Waals surface area contributed by atoms with Crippen LogP contribution in [-0.2, 0) is 11.3 Å². The molecule has 3 rings (SSSR count). The van der Waals surface area contributed by atoms with Gasteiger partial charge in [-0.15, -0.1) is 0 Å². The molecule has 0 saturated carbocycles. The van der Waals surface area contributed by atoms with E-state index in [0.29, 0.717) is 29.2 Å². The van der Waals surface area contributed by atoms with Crippen molar-refractivity contribution in [2.75, 3.05) is 10.6 Å². The molecule has 0 radical (unpaired) electrons. The van der Waals surface area contributed by atoms with E-state index in [9.17, 15) is 13.6 Å². The normalized spacial score (nSPS) is 10.5. The summed E-state index contributed by atoms with van der Waals surface area (Å²) in [6.07, 6.45) is -1.15. The van der Waals surface area contributed by atoms with Crippen LogP contribution in [0.2, 0.25) is 0 Å². The molecule has 1 aromatic heterocycles. The number of hydrogen-bond donors (Lipinski definition) is 2. The van der Waals surface area contributed by atoms with Crippen LogP contribution in [0.4, 0.5) is 20.3 Å². The molecule has 0 aliphatic carbocycles. The quantitative estimate of drug-likeness (QED) is 0.546. The molecular weight excluding hydrogens is 386 g/mol. The molecule has 1 heterocycles. The minimum absolute atomic E-state index is 0.00471. The van der Waals surface area contributed by atoms with Gasteiger partial charge in [-0.25, -0.2) is 13.8 Å². The number of carbonyl (C=O) groups excluding carboxylic acids is 1. The largest absolute Gasteiger partial charge is 0.364 e. The van der Waals surface area contributed by atoms with Crippen LogP contribution in [0, 0.1) is 18.3 Å². The average molecular weight is 406 g/mol. The third-order valence-electron chi connectivity index (χ3n) is 4.58.